The average Bonchev–Trinajstić information content (AvgIpc) is 2.73. The molecule has 0 aliphatic rings. The summed E-state index contributed by atoms with van der Waals surface area (Å²) >= 11 is 6.11. The van der Waals surface area contributed by atoms with E-state index in [1.54, 1.807) is 12.1 Å². The van der Waals surface area contributed by atoms with E-state index in [0.717, 1.165) is 22.5 Å². The van der Waals surface area contributed by atoms with Crippen molar-refractivity contribution >= 4 is 28.5 Å². The van der Waals surface area contributed by atoms with Gasteiger partial charge in [-0.05, 0) is 37.3 Å². The van der Waals surface area contributed by atoms with Crippen LogP contribution in [-0.4, -0.2) is 15.5 Å². The van der Waals surface area contributed by atoms with E-state index in [9.17, 15) is 4.79 Å². The Morgan fingerprint density at radius 1 is 1.25 bits per heavy atom. The van der Waals surface area contributed by atoms with Gasteiger partial charge in [-0.1, -0.05) is 23.7 Å². The number of fused-ring (bicyclic) bond motifs is 1. The highest BCUT2D eigenvalue weighted by Crippen LogP contribution is 2.25. The van der Waals surface area contributed by atoms with Gasteiger partial charge < -0.3 is 5.73 Å². The van der Waals surface area contributed by atoms with Gasteiger partial charge >= 0.3 is 0 Å². The number of nitrogens with two attached hydrogens (primary N) is 1. The number of carbonyl (C=O) groups is 1. The lowest BCUT2D eigenvalue weighted by Crippen LogP contribution is -2.11. The van der Waals surface area contributed by atoms with Gasteiger partial charge in [-0.15, -0.1) is 0 Å². The second-order valence-corrected chi connectivity index (χ2v) is 4.92. The first-order valence-corrected chi connectivity index (χ1v) is 6.49. The third kappa shape index (κ3) is 1.94. The van der Waals surface area contributed by atoms with Crippen LogP contribution in [0.5, 0.6) is 0 Å². The van der Waals surface area contributed by atoms with Crippen molar-refractivity contribution in [1.29, 1.82) is 0 Å². The Hall–Kier alpha value is -2.33. The highest BCUT2D eigenvalue weighted by Gasteiger charge is 2.12. The molecule has 0 aliphatic heterocycles. The van der Waals surface area contributed by atoms with Crippen LogP contribution in [0.25, 0.3) is 16.7 Å². The minimum Gasteiger partial charge on any atom is -0.366 e. The number of carbonyl (C=O) groups excluding carboxylic acids is 1. The highest BCUT2D eigenvalue weighted by molar-refractivity contribution is 6.34. The Kier molecular flexibility index (Phi) is 2.95. The maximum Gasteiger partial charge on any atom is 0.250 e. The van der Waals surface area contributed by atoms with Crippen LogP contribution in [-0.2, 0) is 0 Å². The van der Waals surface area contributed by atoms with Gasteiger partial charge in [0.05, 0.1) is 21.6 Å². The van der Waals surface area contributed by atoms with E-state index in [2.05, 4.69) is 4.98 Å². The normalized spacial score (nSPS) is 10.9. The molecule has 0 saturated carbocycles. The van der Waals surface area contributed by atoms with Crippen molar-refractivity contribution in [1.82, 2.24) is 9.55 Å². The van der Waals surface area contributed by atoms with Gasteiger partial charge in [0.15, 0.2) is 0 Å². The monoisotopic (exact) mass is 285 g/mol. The van der Waals surface area contributed by atoms with Crippen molar-refractivity contribution in [2.75, 3.05) is 0 Å². The molecule has 0 spiro atoms. The molecule has 2 N–H and O–H groups in total. The summed E-state index contributed by atoms with van der Waals surface area (Å²) in [6, 6.07) is 13.0. The Labute approximate surface area is 120 Å². The van der Waals surface area contributed by atoms with Crippen molar-refractivity contribution in [3.05, 3.63) is 58.9 Å². The van der Waals surface area contributed by atoms with Gasteiger partial charge in [0, 0.05) is 5.69 Å². The Morgan fingerprint density at radius 3 is 2.70 bits per heavy atom. The molecule has 1 amide bonds. The van der Waals surface area contributed by atoms with Gasteiger partial charge in [0.1, 0.15) is 5.82 Å². The van der Waals surface area contributed by atoms with E-state index in [1.165, 1.54) is 0 Å². The van der Waals surface area contributed by atoms with Crippen LogP contribution in [0.3, 0.4) is 0 Å². The number of nitrogens with zero attached hydrogens (tertiary/aromatic N) is 2. The molecule has 1 aromatic heterocycles. The average molecular weight is 286 g/mol. The van der Waals surface area contributed by atoms with E-state index >= 15 is 0 Å². The van der Waals surface area contributed by atoms with Crippen LogP contribution in [0, 0.1) is 6.92 Å². The quantitative estimate of drug-likeness (QED) is 0.786. The number of halogens is 1. The number of rotatable bonds is 2. The lowest BCUT2D eigenvalue weighted by Gasteiger charge is -2.09. The molecule has 0 atom stereocenters. The summed E-state index contributed by atoms with van der Waals surface area (Å²) in [5, 5.41) is 0.340. The first-order chi connectivity index (χ1) is 9.58. The van der Waals surface area contributed by atoms with E-state index in [0.29, 0.717) is 10.6 Å². The summed E-state index contributed by atoms with van der Waals surface area (Å²) in [4.78, 5) is 15.7. The van der Waals surface area contributed by atoms with Gasteiger partial charge in [-0.25, -0.2) is 4.98 Å². The minimum atomic E-state index is -0.534. The number of benzene rings is 2. The molecular weight excluding hydrogens is 274 g/mol. The molecule has 1 heterocycles. The van der Waals surface area contributed by atoms with Crippen LogP contribution in [0.2, 0.25) is 5.02 Å². The molecule has 5 heteroatoms. The Morgan fingerprint density at radius 2 is 2.00 bits per heavy atom. The van der Waals surface area contributed by atoms with Crippen LogP contribution < -0.4 is 5.73 Å². The van der Waals surface area contributed by atoms with E-state index in [1.807, 2.05) is 41.8 Å². The summed E-state index contributed by atoms with van der Waals surface area (Å²) in [5.41, 5.74) is 8.34. The van der Waals surface area contributed by atoms with Gasteiger partial charge in [0.25, 0.3) is 0 Å². The molecule has 4 nitrogen and oxygen atoms in total. The summed E-state index contributed by atoms with van der Waals surface area (Å²) in [7, 11) is 0. The maximum atomic E-state index is 11.2. The summed E-state index contributed by atoms with van der Waals surface area (Å²) in [5.74, 6) is 0.322. The molecule has 3 rings (SSSR count). The molecule has 0 bridgehead atoms. The predicted molar refractivity (Wildman–Crippen MR) is 79.3 cm³/mol. The maximum absolute atomic E-state index is 11.2. The van der Waals surface area contributed by atoms with E-state index < -0.39 is 5.91 Å². The Balaban J connectivity index is 2.23. The molecular formula is C15H12ClN3O. The first-order valence-electron chi connectivity index (χ1n) is 6.12. The fraction of sp³-hybridized carbons (Fsp3) is 0.0667. The number of hydrogen-bond donors (Lipinski definition) is 1. The zero-order chi connectivity index (χ0) is 14.3. The first kappa shape index (κ1) is 12.7. The number of aromatic nitrogens is 2. The van der Waals surface area contributed by atoms with Crippen LogP contribution in [0.1, 0.15) is 16.2 Å². The smallest absolute Gasteiger partial charge is 0.250 e. The lowest BCUT2D eigenvalue weighted by molar-refractivity contribution is 0.100. The topological polar surface area (TPSA) is 60.9 Å². The highest BCUT2D eigenvalue weighted by atomic mass is 35.5. The molecule has 0 radical (unpaired) electrons. The minimum absolute atomic E-state index is 0.317. The van der Waals surface area contributed by atoms with Crippen LogP contribution in [0.15, 0.2) is 42.5 Å². The molecule has 0 unspecified atom stereocenters. The summed E-state index contributed by atoms with van der Waals surface area (Å²) in [6.07, 6.45) is 0. The molecule has 0 aliphatic carbocycles. The fourth-order valence-electron chi connectivity index (χ4n) is 2.32. The molecule has 20 heavy (non-hydrogen) atoms. The van der Waals surface area contributed by atoms with Crippen molar-refractivity contribution in [2.45, 2.75) is 6.92 Å². The molecule has 100 valence electrons. The number of para-hydroxylation sites is 2. The number of imidazole rings is 1. The van der Waals surface area contributed by atoms with E-state index in [-0.39, 0.29) is 0 Å². The molecule has 3 aromatic rings. The summed E-state index contributed by atoms with van der Waals surface area (Å²) < 4.78 is 1.99. The number of aryl methyl sites for hydroxylation is 1. The van der Waals surface area contributed by atoms with Gasteiger partial charge in [0.2, 0.25) is 5.91 Å². The van der Waals surface area contributed by atoms with Crippen molar-refractivity contribution in [3.63, 3.8) is 0 Å². The SMILES string of the molecule is Cc1nc2ccccc2n1-c1ccc(C(N)=O)c(Cl)c1. The standard InChI is InChI=1S/C15H12ClN3O/c1-9-18-13-4-2-3-5-14(13)19(9)10-6-7-11(15(17)20)12(16)8-10/h2-8H,1H3,(H2,17,20). The third-order valence-electron chi connectivity index (χ3n) is 3.20. The van der Waals surface area contributed by atoms with E-state index in [4.69, 9.17) is 17.3 Å². The van der Waals surface area contributed by atoms with Gasteiger partial charge in [-0.3, -0.25) is 9.36 Å². The fourth-order valence-corrected chi connectivity index (χ4v) is 2.58. The molecule has 0 fully saturated rings. The number of amides is 1. The third-order valence-corrected chi connectivity index (χ3v) is 3.52. The number of primary amides is 1. The Bertz CT molecular complexity index is 823. The van der Waals surface area contributed by atoms with Crippen molar-refractivity contribution in [2.24, 2.45) is 5.73 Å². The second kappa shape index (κ2) is 4.65. The van der Waals surface area contributed by atoms with Crippen molar-refractivity contribution < 1.29 is 4.79 Å². The van der Waals surface area contributed by atoms with Crippen LogP contribution in [0.4, 0.5) is 0 Å². The van der Waals surface area contributed by atoms with Crippen LogP contribution >= 0.6 is 11.6 Å². The number of hydrogen-bond acceptors (Lipinski definition) is 2. The van der Waals surface area contributed by atoms with Crippen molar-refractivity contribution in [3.8, 4) is 5.69 Å². The molecule has 2 aromatic carbocycles. The zero-order valence-electron chi connectivity index (χ0n) is 10.8. The predicted octanol–water partition coefficient (Wildman–Crippen LogP) is 3.09. The van der Waals surface area contributed by atoms with Gasteiger partial charge in [-0.2, -0.15) is 0 Å². The zero-order valence-corrected chi connectivity index (χ0v) is 11.6. The second-order valence-electron chi connectivity index (χ2n) is 4.51. The lowest BCUT2D eigenvalue weighted by atomic mass is 10.2. The molecule has 0 saturated heterocycles. The largest absolute Gasteiger partial charge is 0.366 e. The summed E-state index contributed by atoms with van der Waals surface area (Å²) in [6.45, 7) is 1.93.